The standard InChI is InChI=1S/C13H26N2O2S/c1-2-14-8-3-9-18(16,17)15(10-12-4-5-12)11-13-6-7-13/h12-14H,2-11H2,1H3. The van der Waals surface area contributed by atoms with Crippen LogP contribution in [0.1, 0.15) is 39.0 Å². The van der Waals surface area contributed by atoms with Crippen molar-refractivity contribution < 1.29 is 8.42 Å². The van der Waals surface area contributed by atoms with E-state index < -0.39 is 10.0 Å². The number of sulfonamides is 1. The van der Waals surface area contributed by atoms with Gasteiger partial charge < -0.3 is 5.32 Å². The molecule has 0 radical (unpaired) electrons. The van der Waals surface area contributed by atoms with Crippen LogP contribution in [-0.4, -0.2) is 44.7 Å². The fourth-order valence-electron chi connectivity index (χ4n) is 2.16. The molecule has 0 aromatic rings. The Morgan fingerprint density at radius 3 is 2.11 bits per heavy atom. The number of rotatable bonds is 10. The van der Waals surface area contributed by atoms with E-state index in [4.69, 9.17) is 0 Å². The molecule has 18 heavy (non-hydrogen) atoms. The molecule has 5 heteroatoms. The largest absolute Gasteiger partial charge is 0.317 e. The van der Waals surface area contributed by atoms with Gasteiger partial charge in [0.25, 0.3) is 0 Å². The fraction of sp³-hybridized carbons (Fsp3) is 1.00. The Hall–Kier alpha value is -0.130. The van der Waals surface area contributed by atoms with Crippen LogP contribution in [0.15, 0.2) is 0 Å². The molecule has 2 saturated carbocycles. The lowest BCUT2D eigenvalue weighted by molar-refractivity contribution is 0.381. The Labute approximate surface area is 111 Å². The molecule has 0 aliphatic heterocycles. The van der Waals surface area contributed by atoms with E-state index in [1.165, 1.54) is 25.7 Å². The third-order valence-corrected chi connectivity index (χ3v) is 5.61. The van der Waals surface area contributed by atoms with Gasteiger partial charge in [-0.2, -0.15) is 0 Å². The second kappa shape index (κ2) is 6.35. The van der Waals surface area contributed by atoms with Gasteiger partial charge in [0.1, 0.15) is 0 Å². The summed E-state index contributed by atoms with van der Waals surface area (Å²) in [7, 11) is -3.02. The van der Waals surface area contributed by atoms with Crippen molar-refractivity contribution in [3.8, 4) is 0 Å². The van der Waals surface area contributed by atoms with Crippen molar-refractivity contribution in [3.05, 3.63) is 0 Å². The SMILES string of the molecule is CCNCCCS(=O)(=O)N(CC1CC1)CC1CC1. The van der Waals surface area contributed by atoms with Crippen LogP contribution >= 0.6 is 0 Å². The minimum Gasteiger partial charge on any atom is -0.317 e. The predicted molar refractivity (Wildman–Crippen MR) is 74.0 cm³/mol. The highest BCUT2D eigenvalue weighted by atomic mass is 32.2. The first-order chi connectivity index (χ1) is 8.62. The van der Waals surface area contributed by atoms with Gasteiger partial charge in [-0.05, 0) is 57.0 Å². The molecule has 0 aromatic heterocycles. The highest BCUT2D eigenvalue weighted by molar-refractivity contribution is 7.89. The molecule has 2 aliphatic rings. The number of hydrogen-bond donors (Lipinski definition) is 1. The predicted octanol–water partition coefficient (Wildman–Crippen LogP) is 1.44. The first-order valence-electron chi connectivity index (χ1n) is 7.30. The maximum Gasteiger partial charge on any atom is 0.214 e. The van der Waals surface area contributed by atoms with E-state index in [9.17, 15) is 8.42 Å². The zero-order valence-electron chi connectivity index (χ0n) is 11.4. The summed E-state index contributed by atoms with van der Waals surface area (Å²) in [6.07, 6.45) is 5.59. The van der Waals surface area contributed by atoms with Crippen LogP contribution in [-0.2, 0) is 10.0 Å². The summed E-state index contributed by atoms with van der Waals surface area (Å²) in [6, 6.07) is 0. The summed E-state index contributed by atoms with van der Waals surface area (Å²) in [6.45, 7) is 5.31. The smallest absolute Gasteiger partial charge is 0.214 e. The average molecular weight is 274 g/mol. The summed E-state index contributed by atoms with van der Waals surface area (Å²) in [5, 5.41) is 3.18. The van der Waals surface area contributed by atoms with E-state index in [0.717, 1.165) is 32.6 Å². The second-order valence-electron chi connectivity index (χ2n) is 5.73. The molecule has 2 aliphatic carbocycles. The maximum absolute atomic E-state index is 12.3. The summed E-state index contributed by atoms with van der Waals surface area (Å²) in [5.41, 5.74) is 0. The Morgan fingerprint density at radius 2 is 1.67 bits per heavy atom. The molecule has 0 bridgehead atoms. The Morgan fingerprint density at radius 1 is 1.11 bits per heavy atom. The molecule has 2 fully saturated rings. The van der Waals surface area contributed by atoms with Crippen molar-refractivity contribution in [2.24, 2.45) is 11.8 Å². The van der Waals surface area contributed by atoms with Crippen molar-refractivity contribution in [1.29, 1.82) is 0 Å². The van der Waals surface area contributed by atoms with Crippen LogP contribution in [0.25, 0.3) is 0 Å². The Kier molecular flexibility index (Phi) is 5.04. The van der Waals surface area contributed by atoms with E-state index in [1.54, 1.807) is 4.31 Å². The lowest BCUT2D eigenvalue weighted by Gasteiger charge is -2.22. The van der Waals surface area contributed by atoms with Gasteiger partial charge in [-0.25, -0.2) is 12.7 Å². The zero-order chi connectivity index (χ0) is 13.0. The van der Waals surface area contributed by atoms with Gasteiger partial charge in [0.2, 0.25) is 10.0 Å². The van der Waals surface area contributed by atoms with Crippen LogP contribution in [0.3, 0.4) is 0 Å². The molecular weight excluding hydrogens is 248 g/mol. The summed E-state index contributed by atoms with van der Waals surface area (Å²) in [5.74, 6) is 1.60. The Bertz CT molecular complexity index is 334. The van der Waals surface area contributed by atoms with E-state index in [-0.39, 0.29) is 0 Å². The molecule has 0 unspecified atom stereocenters. The van der Waals surface area contributed by atoms with Crippen LogP contribution in [0.2, 0.25) is 0 Å². The molecular formula is C13H26N2O2S. The van der Waals surface area contributed by atoms with Crippen LogP contribution in [0.5, 0.6) is 0 Å². The molecule has 0 aromatic carbocycles. The lowest BCUT2D eigenvalue weighted by Crippen LogP contribution is -2.37. The first-order valence-corrected chi connectivity index (χ1v) is 8.91. The van der Waals surface area contributed by atoms with Crippen LogP contribution < -0.4 is 5.32 Å². The van der Waals surface area contributed by atoms with Crippen molar-refractivity contribution in [2.75, 3.05) is 31.9 Å². The number of nitrogens with zero attached hydrogens (tertiary/aromatic N) is 1. The van der Waals surface area contributed by atoms with Gasteiger partial charge in [0.15, 0.2) is 0 Å². The van der Waals surface area contributed by atoms with Gasteiger partial charge in [-0.15, -0.1) is 0 Å². The van der Waals surface area contributed by atoms with Gasteiger partial charge in [-0.1, -0.05) is 6.92 Å². The van der Waals surface area contributed by atoms with E-state index in [2.05, 4.69) is 5.32 Å². The monoisotopic (exact) mass is 274 g/mol. The molecule has 0 atom stereocenters. The van der Waals surface area contributed by atoms with Crippen molar-refractivity contribution in [2.45, 2.75) is 39.0 Å². The third kappa shape index (κ3) is 4.86. The topological polar surface area (TPSA) is 49.4 Å². The number of hydrogen-bond acceptors (Lipinski definition) is 3. The summed E-state index contributed by atoms with van der Waals surface area (Å²) in [4.78, 5) is 0. The molecule has 2 rings (SSSR count). The molecule has 4 nitrogen and oxygen atoms in total. The van der Waals surface area contributed by atoms with Crippen LogP contribution in [0.4, 0.5) is 0 Å². The van der Waals surface area contributed by atoms with Gasteiger partial charge in [0.05, 0.1) is 5.75 Å². The number of nitrogens with one attached hydrogen (secondary N) is 1. The fourth-order valence-corrected chi connectivity index (χ4v) is 3.81. The van der Waals surface area contributed by atoms with E-state index >= 15 is 0 Å². The summed E-state index contributed by atoms with van der Waals surface area (Å²) >= 11 is 0. The van der Waals surface area contributed by atoms with Crippen molar-refractivity contribution in [3.63, 3.8) is 0 Å². The van der Waals surface area contributed by atoms with Gasteiger partial charge in [0, 0.05) is 13.1 Å². The van der Waals surface area contributed by atoms with Gasteiger partial charge in [-0.3, -0.25) is 0 Å². The molecule has 106 valence electrons. The first kappa shape index (κ1) is 14.3. The maximum atomic E-state index is 12.3. The quantitative estimate of drug-likeness (QED) is 0.613. The second-order valence-corrected chi connectivity index (χ2v) is 7.82. The van der Waals surface area contributed by atoms with Crippen molar-refractivity contribution >= 4 is 10.0 Å². The highest BCUT2D eigenvalue weighted by Gasteiger charge is 2.34. The highest BCUT2D eigenvalue weighted by Crippen LogP contribution is 2.34. The minimum absolute atomic E-state index is 0.305. The third-order valence-electron chi connectivity index (χ3n) is 3.72. The van der Waals surface area contributed by atoms with E-state index in [1.807, 2.05) is 6.92 Å². The van der Waals surface area contributed by atoms with Crippen LogP contribution in [0, 0.1) is 11.8 Å². The average Bonchev–Trinajstić information content (AvgIpc) is 3.17. The Balaban J connectivity index is 1.80. The molecule has 0 saturated heterocycles. The molecule has 0 amide bonds. The van der Waals surface area contributed by atoms with E-state index in [0.29, 0.717) is 17.6 Å². The zero-order valence-corrected chi connectivity index (χ0v) is 12.2. The normalized spacial score (nSPS) is 20.6. The molecule has 0 spiro atoms. The minimum atomic E-state index is -3.02. The summed E-state index contributed by atoms with van der Waals surface area (Å²) < 4.78 is 26.4. The molecule has 0 heterocycles. The molecule has 1 N–H and O–H groups in total. The van der Waals surface area contributed by atoms with Crippen molar-refractivity contribution in [1.82, 2.24) is 9.62 Å². The lowest BCUT2D eigenvalue weighted by atomic mass is 10.4. The van der Waals surface area contributed by atoms with Gasteiger partial charge >= 0.3 is 0 Å².